The van der Waals surface area contributed by atoms with Crippen molar-refractivity contribution in [2.75, 3.05) is 23.9 Å². The van der Waals surface area contributed by atoms with Gasteiger partial charge in [0.1, 0.15) is 0 Å². The van der Waals surface area contributed by atoms with Crippen molar-refractivity contribution in [1.29, 1.82) is 0 Å². The van der Waals surface area contributed by atoms with E-state index in [2.05, 4.69) is 59.3 Å². The van der Waals surface area contributed by atoms with Gasteiger partial charge in [0, 0.05) is 21.6 Å². The Labute approximate surface area is 97.8 Å². The summed E-state index contributed by atoms with van der Waals surface area (Å²) in [4.78, 5) is 0. The smallest absolute Gasteiger partial charge is 0.0380 e. The van der Waals surface area contributed by atoms with Crippen LogP contribution in [0, 0.1) is 10.5 Å². The number of rotatable bonds is 4. The summed E-state index contributed by atoms with van der Waals surface area (Å²) in [6, 6.07) is 6.36. The van der Waals surface area contributed by atoms with Crippen LogP contribution in [0.4, 0.5) is 5.69 Å². The molecule has 1 aromatic carbocycles. The lowest BCUT2D eigenvalue weighted by Crippen LogP contribution is -2.05. The molecular formula is C10H14INS. The minimum Gasteiger partial charge on any atom is -0.384 e. The van der Waals surface area contributed by atoms with E-state index in [1.165, 1.54) is 14.8 Å². The van der Waals surface area contributed by atoms with Crippen LogP contribution < -0.4 is 5.32 Å². The quantitative estimate of drug-likeness (QED) is 0.676. The molecule has 0 saturated carbocycles. The number of halogens is 1. The fraction of sp³-hybridized carbons (Fsp3) is 0.400. The SMILES string of the molecule is CSCCNc1cccc(I)c1C. The maximum atomic E-state index is 3.43. The third kappa shape index (κ3) is 3.38. The van der Waals surface area contributed by atoms with Gasteiger partial charge in [-0.25, -0.2) is 0 Å². The zero-order valence-corrected chi connectivity index (χ0v) is 10.9. The molecule has 1 aromatic rings. The average Bonchev–Trinajstić information content (AvgIpc) is 2.13. The van der Waals surface area contributed by atoms with Gasteiger partial charge in [-0.2, -0.15) is 11.8 Å². The van der Waals surface area contributed by atoms with Crippen molar-refractivity contribution in [2.24, 2.45) is 0 Å². The van der Waals surface area contributed by atoms with E-state index >= 15 is 0 Å². The van der Waals surface area contributed by atoms with Crippen LogP contribution in [0.15, 0.2) is 18.2 Å². The number of hydrogen-bond donors (Lipinski definition) is 1. The Hall–Kier alpha value is 0.100. The first-order chi connectivity index (χ1) is 6.25. The van der Waals surface area contributed by atoms with Crippen molar-refractivity contribution >= 4 is 40.0 Å². The van der Waals surface area contributed by atoms with Crippen molar-refractivity contribution in [2.45, 2.75) is 6.92 Å². The van der Waals surface area contributed by atoms with E-state index in [0.717, 1.165) is 12.3 Å². The lowest BCUT2D eigenvalue weighted by molar-refractivity contribution is 1.21. The summed E-state index contributed by atoms with van der Waals surface area (Å²) >= 11 is 4.23. The Kier molecular flexibility index (Phi) is 4.94. The number of hydrogen-bond acceptors (Lipinski definition) is 2. The van der Waals surface area contributed by atoms with E-state index < -0.39 is 0 Å². The molecule has 0 radical (unpaired) electrons. The van der Waals surface area contributed by atoms with Gasteiger partial charge >= 0.3 is 0 Å². The molecule has 0 fully saturated rings. The molecule has 1 N–H and O–H groups in total. The third-order valence-electron chi connectivity index (χ3n) is 1.89. The Morgan fingerprint density at radius 3 is 2.92 bits per heavy atom. The Balaban J connectivity index is 2.61. The summed E-state index contributed by atoms with van der Waals surface area (Å²) in [6.45, 7) is 3.20. The van der Waals surface area contributed by atoms with E-state index in [9.17, 15) is 0 Å². The topological polar surface area (TPSA) is 12.0 Å². The highest BCUT2D eigenvalue weighted by molar-refractivity contribution is 14.1. The van der Waals surface area contributed by atoms with Crippen molar-refractivity contribution < 1.29 is 0 Å². The van der Waals surface area contributed by atoms with Crippen molar-refractivity contribution in [1.82, 2.24) is 0 Å². The van der Waals surface area contributed by atoms with Gasteiger partial charge in [0.05, 0.1) is 0 Å². The molecule has 0 heterocycles. The molecule has 1 rings (SSSR count). The van der Waals surface area contributed by atoms with Crippen LogP contribution in [-0.2, 0) is 0 Å². The van der Waals surface area contributed by atoms with Crippen LogP contribution in [0.3, 0.4) is 0 Å². The van der Waals surface area contributed by atoms with Crippen molar-refractivity contribution in [3.63, 3.8) is 0 Å². The highest BCUT2D eigenvalue weighted by Gasteiger charge is 1.99. The molecule has 0 amide bonds. The first-order valence-corrected chi connectivity index (χ1v) is 6.71. The summed E-state index contributed by atoms with van der Waals surface area (Å²) in [5, 5.41) is 3.43. The first kappa shape index (κ1) is 11.2. The largest absolute Gasteiger partial charge is 0.384 e. The van der Waals surface area contributed by atoms with Gasteiger partial charge < -0.3 is 5.32 Å². The first-order valence-electron chi connectivity index (χ1n) is 4.23. The van der Waals surface area contributed by atoms with Crippen molar-refractivity contribution in [3.8, 4) is 0 Å². The predicted molar refractivity (Wildman–Crippen MR) is 70.8 cm³/mol. The number of thioether (sulfide) groups is 1. The van der Waals surface area contributed by atoms with E-state index in [0.29, 0.717) is 0 Å². The molecule has 0 unspecified atom stereocenters. The molecule has 1 nitrogen and oxygen atoms in total. The van der Waals surface area contributed by atoms with Crippen LogP contribution in [-0.4, -0.2) is 18.6 Å². The van der Waals surface area contributed by atoms with Gasteiger partial charge in [0.15, 0.2) is 0 Å². The molecule has 0 aliphatic heterocycles. The lowest BCUT2D eigenvalue weighted by Gasteiger charge is -2.09. The minimum atomic E-state index is 1.04. The lowest BCUT2D eigenvalue weighted by atomic mass is 10.2. The maximum Gasteiger partial charge on any atom is 0.0380 e. The minimum absolute atomic E-state index is 1.04. The summed E-state index contributed by atoms with van der Waals surface area (Å²) < 4.78 is 1.33. The second-order valence-electron chi connectivity index (χ2n) is 2.83. The van der Waals surface area contributed by atoms with Crippen LogP contribution in [0.25, 0.3) is 0 Å². The molecule has 0 saturated heterocycles. The molecule has 0 aromatic heterocycles. The number of anilines is 1. The number of benzene rings is 1. The standard InChI is InChI=1S/C10H14INS/c1-8-9(11)4-3-5-10(8)12-6-7-13-2/h3-5,12H,6-7H2,1-2H3. The summed E-state index contributed by atoms with van der Waals surface area (Å²) in [6.07, 6.45) is 2.13. The van der Waals surface area contributed by atoms with Gasteiger partial charge in [0.2, 0.25) is 0 Å². The van der Waals surface area contributed by atoms with Gasteiger partial charge in [-0.05, 0) is 53.5 Å². The fourth-order valence-corrected chi connectivity index (χ4v) is 1.89. The van der Waals surface area contributed by atoms with Crippen LogP contribution in [0.2, 0.25) is 0 Å². The van der Waals surface area contributed by atoms with E-state index in [-0.39, 0.29) is 0 Å². The van der Waals surface area contributed by atoms with Gasteiger partial charge in [-0.1, -0.05) is 6.07 Å². The average molecular weight is 307 g/mol. The molecule has 0 spiro atoms. The second kappa shape index (κ2) is 5.75. The normalized spacial score (nSPS) is 10.1. The van der Waals surface area contributed by atoms with Crippen LogP contribution >= 0.6 is 34.4 Å². The second-order valence-corrected chi connectivity index (χ2v) is 4.98. The molecule has 72 valence electrons. The van der Waals surface area contributed by atoms with Crippen molar-refractivity contribution in [3.05, 3.63) is 27.3 Å². The zero-order valence-electron chi connectivity index (χ0n) is 7.93. The molecule has 0 bridgehead atoms. The van der Waals surface area contributed by atoms with E-state index in [1.807, 2.05) is 11.8 Å². The van der Waals surface area contributed by atoms with E-state index in [1.54, 1.807) is 0 Å². The van der Waals surface area contributed by atoms with Gasteiger partial charge in [0.25, 0.3) is 0 Å². The van der Waals surface area contributed by atoms with Gasteiger partial charge in [-0.15, -0.1) is 0 Å². The molecule has 0 atom stereocenters. The summed E-state index contributed by atoms with van der Waals surface area (Å²) in [7, 11) is 0. The molecular weight excluding hydrogens is 293 g/mol. The fourth-order valence-electron chi connectivity index (χ4n) is 1.09. The Morgan fingerprint density at radius 1 is 1.46 bits per heavy atom. The van der Waals surface area contributed by atoms with Crippen LogP contribution in [0.5, 0.6) is 0 Å². The van der Waals surface area contributed by atoms with Crippen LogP contribution in [0.1, 0.15) is 5.56 Å². The van der Waals surface area contributed by atoms with Gasteiger partial charge in [-0.3, -0.25) is 0 Å². The summed E-state index contributed by atoms with van der Waals surface area (Å²) in [5.41, 5.74) is 2.62. The monoisotopic (exact) mass is 307 g/mol. The summed E-state index contributed by atoms with van der Waals surface area (Å²) in [5.74, 6) is 1.16. The highest BCUT2D eigenvalue weighted by atomic mass is 127. The highest BCUT2D eigenvalue weighted by Crippen LogP contribution is 2.19. The predicted octanol–water partition coefficient (Wildman–Crippen LogP) is 3.37. The molecule has 0 aliphatic carbocycles. The Morgan fingerprint density at radius 2 is 2.23 bits per heavy atom. The maximum absolute atomic E-state index is 3.43. The molecule has 3 heteroatoms. The third-order valence-corrected chi connectivity index (χ3v) is 3.67. The molecule has 0 aliphatic rings. The zero-order chi connectivity index (χ0) is 9.68. The Bertz CT molecular complexity index is 276. The number of nitrogens with one attached hydrogen (secondary N) is 1. The van der Waals surface area contributed by atoms with E-state index in [4.69, 9.17) is 0 Å². The molecule has 13 heavy (non-hydrogen) atoms.